The molecule has 15 heavy (non-hydrogen) atoms. The summed E-state index contributed by atoms with van der Waals surface area (Å²) < 4.78 is 5.53. The van der Waals surface area contributed by atoms with Crippen LogP contribution in [0.5, 0.6) is 5.75 Å². The summed E-state index contributed by atoms with van der Waals surface area (Å²) in [6.45, 7) is 2.36. The van der Waals surface area contributed by atoms with Gasteiger partial charge in [-0.05, 0) is 25.8 Å². The largest absolute Gasteiger partial charge is 0.493 e. The number of hydrogen-bond acceptors (Lipinski definition) is 2. The number of ether oxygens (including phenoxy) is 1. The Labute approximate surface area is 88.7 Å². The van der Waals surface area contributed by atoms with Gasteiger partial charge < -0.3 is 9.84 Å². The lowest BCUT2D eigenvalue weighted by Crippen LogP contribution is -2.31. The van der Waals surface area contributed by atoms with Crippen molar-refractivity contribution in [2.45, 2.75) is 25.2 Å². The third kappa shape index (κ3) is 1.58. The zero-order valence-electron chi connectivity index (χ0n) is 8.69. The van der Waals surface area contributed by atoms with Gasteiger partial charge >= 0.3 is 5.97 Å². The van der Waals surface area contributed by atoms with E-state index in [1.54, 1.807) is 6.92 Å². The summed E-state index contributed by atoms with van der Waals surface area (Å²) in [6, 6.07) is 7.40. The maximum Gasteiger partial charge on any atom is 0.313 e. The van der Waals surface area contributed by atoms with Crippen molar-refractivity contribution in [3.05, 3.63) is 29.8 Å². The fraction of sp³-hybridized carbons (Fsp3) is 0.417. The van der Waals surface area contributed by atoms with E-state index in [-0.39, 0.29) is 0 Å². The molecule has 2 rings (SSSR count). The van der Waals surface area contributed by atoms with Crippen molar-refractivity contribution in [2.24, 2.45) is 0 Å². The third-order valence-electron chi connectivity index (χ3n) is 3.03. The summed E-state index contributed by atoms with van der Waals surface area (Å²) in [7, 11) is 0. The van der Waals surface area contributed by atoms with Crippen molar-refractivity contribution in [3.63, 3.8) is 0 Å². The van der Waals surface area contributed by atoms with E-state index in [2.05, 4.69) is 0 Å². The average molecular weight is 206 g/mol. The van der Waals surface area contributed by atoms with Crippen molar-refractivity contribution >= 4 is 5.97 Å². The van der Waals surface area contributed by atoms with Crippen LogP contribution in [0.1, 0.15) is 25.3 Å². The van der Waals surface area contributed by atoms with E-state index >= 15 is 0 Å². The standard InChI is InChI=1S/C12H14O3/c1-12(11(13)14)7-4-8-15-10-6-3-2-5-9(10)12/h2-3,5-6H,4,7-8H2,1H3,(H,13,14). The quantitative estimate of drug-likeness (QED) is 0.766. The van der Waals surface area contributed by atoms with Gasteiger partial charge in [0.2, 0.25) is 0 Å². The van der Waals surface area contributed by atoms with E-state index in [1.807, 2.05) is 24.3 Å². The van der Waals surface area contributed by atoms with Crippen molar-refractivity contribution < 1.29 is 14.6 Å². The van der Waals surface area contributed by atoms with Crippen molar-refractivity contribution in [2.75, 3.05) is 6.61 Å². The van der Waals surface area contributed by atoms with E-state index in [9.17, 15) is 9.90 Å². The highest BCUT2D eigenvalue weighted by Gasteiger charge is 2.38. The monoisotopic (exact) mass is 206 g/mol. The van der Waals surface area contributed by atoms with Crippen molar-refractivity contribution in [1.29, 1.82) is 0 Å². The molecule has 3 heteroatoms. The number of benzene rings is 1. The normalized spacial score (nSPS) is 24.9. The molecule has 0 bridgehead atoms. The van der Waals surface area contributed by atoms with Gasteiger partial charge in [-0.2, -0.15) is 0 Å². The first-order chi connectivity index (χ1) is 7.14. The number of fused-ring (bicyclic) bond motifs is 1. The second kappa shape index (κ2) is 3.57. The molecule has 0 radical (unpaired) electrons. The summed E-state index contributed by atoms with van der Waals surface area (Å²) in [5, 5.41) is 9.31. The van der Waals surface area contributed by atoms with Crippen LogP contribution < -0.4 is 4.74 Å². The predicted octanol–water partition coefficient (Wildman–Crippen LogP) is 2.20. The first kappa shape index (κ1) is 10.0. The fourth-order valence-corrected chi connectivity index (χ4v) is 2.01. The molecule has 0 saturated heterocycles. The number of carboxylic acid groups (broad SMARTS) is 1. The molecule has 1 aliphatic heterocycles. The van der Waals surface area contributed by atoms with Crippen LogP contribution in [0.3, 0.4) is 0 Å². The third-order valence-corrected chi connectivity index (χ3v) is 3.03. The molecule has 1 atom stereocenters. The van der Waals surface area contributed by atoms with E-state index in [0.717, 1.165) is 12.0 Å². The Morgan fingerprint density at radius 2 is 2.20 bits per heavy atom. The van der Waals surface area contributed by atoms with E-state index < -0.39 is 11.4 Å². The number of hydrogen-bond donors (Lipinski definition) is 1. The first-order valence-corrected chi connectivity index (χ1v) is 5.10. The molecular formula is C12H14O3. The molecule has 1 unspecified atom stereocenters. The molecule has 1 aromatic rings. The number of carbonyl (C=O) groups is 1. The van der Waals surface area contributed by atoms with Gasteiger partial charge in [-0.1, -0.05) is 18.2 Å². The lowest BCUT2D eigenvalue weighted by atomic mass is 9.79. The molecule has 0 spiro atoms. The summed E-state index contributed by atoms with van der Waals surface area (Å²) in [5.74, 6) is -0.0691. The minimum Gasteiger partial charge on any atom is -0.493 e. The highest BCUT2D eigenvalue weighted by atomic mass is 16.5. The van der Waals surface area contributed by atoms with Crippen LogP contribution in [-0.4, -0.2) is 17.7 Å². The van der Waals surface area contributed by atoms with Crippen LogP contribution in [0.4, 0.5) is 0 Å². The molecule has 3 nitrogen and oxygen atoms in total. The Kier molecular flexibility index (Phi) is 2.39. The van der Waals surface area contributed by atoms with E-state index in [1.165, 1.54) is 0 Å². The molecule has 80 valence electrons. The summed E-state index contributed by atoms with van der Waals surface area (Å²) in [5.41, 5.74) is -0.0254. The summed E-state index contributed by atoms with van der Waals surface area (Å²) in [6.07, 6.45) is 1.40. The number of carboxylic acids is 1. The number of rotatable bonds is 1. The van der Waals surface area contributed by atoms with Crippen molar-refractivity contribution in [1.82, 2.24) is 0 Å². The lowest BCUT2D eigenvalue weighted by molar-refractivity contribution is -0.143. The first-order valence-electron chi connectivity index (χ1n) is 5.10. The fourth-order valence-electron chi connectivity index (χ4n) is 2.01. The minimum absolute atomic E-state index is 0.597. The summed E-state index contributed by atoms with van der Waals surface area (Å²) >= 11 is 0. The average Bonchev–Trinajstić information content (AvgIpc) is 2.40. The van der Waals surface area contributed by atoms with Gasteiger partial charge in [0.25, 0.3) is 0 Å². The van der Waals surface area contributed by atoms with Crippen molar-refractivity contribution in [3.8, 4) is 5.75 Å². The number of para-hydroxylation sites is 1. The van der Waals surface area contributed by atoms with E-state index in [4.69, 9.17) is 4.74 Å². The maximum atomic E-state index is 11.3. The summed E-state index contributed by atoms with van der Waals surface area (Å²) in [4.78, 5) is 11.3. The lowest BCUT2D eigenvalue weighted by Gasteiger charge is -2.23. The Morgan fingerprint density at radius 1 is 1.47 bits per heavy atom. The van der Waals surface area contributed by atoms with Gasteiger partial charge in [-0.15, -0.1) is 0 Å². The Balaban J connectivity index is 2.55. The SMILES string of the molecule is CC1(C(=O)O)CCCOc2ccccc21. The van der Waals surface area contributed by atoms with E-state index in [0.29, 0.717) is 18.8 Å². The van der Waals surface area contributed by atoms with Gasteiger partial charge in [0.1, 0.15) is 5.75 Å². The second-order valence-electron chi connectivity index (χ2n) is 4.09. The topological polar surface area (TPSA) is 46.5 Å². The molecule has 0 saturated carbocycles. The van der Waals surface area contributed by atoms with Crippen LogP contribution in [0.25, 0.3) is 0 Å². The maximum absolute atomic E-state index is 11.3. The Morgan fingerprint density at radius 3 is 2.93 bits per heavy atom. The van der Waals surface area contributed by atoms with Crippen LogP contribution >= 0.6 is 0 Å². The number of aliphatic carboxylic acids is 1. The minimum atomic E-state index is -0.812. The Hall–Kier alpha value is -1.51. The molecule has 1 N–H and O–H groups in total. The molecule has 0 aliphatic carbocycles. The smallest absolute Gasteiger partial charge is 0.313 e. The second-order valence-corrected chi connectivity index (χ2v) is 4.09. The molecule has 1 heterocycles. The Bertz CT molecular complexity index is 386. The molecule has 0 amide bonds. The zero-order valence-corrected chi connectivity index (χ0v) is 8.69. The molecule has 1 aromatic carbocycles. The highest BCUT2D eigenvalue weighted by Crippen LogP contribution is 2.38. The predicted molar refractivity (Wildman–Crippen MR) is 56.2 cm³/mol. The van der Waals surface area contributed by atoms with Crippen LogP contribution in [0, 0.1) is 0 Å². The zero-order chi connectivity index (χ0) is 10.9. The van der Waals surface area contributed by atoms with Gasteiger partial charge in [0.15, 0.2) is 0 Å². The highest BCUT2D eigenvalue weighted by molar-refractivity contribution is 5.82. The molecule has 0 aromatic heterocycles. The molecule has 1 aliphatic rings. The molecular weight excluding hydrogens is 192 g/mol. The van der Waals surface area contributed by atoms with Gasteiger partial charge in [0.05, 0.1) is 12.0 Å². The van der Waals surface area contributed by atoms with Gasteiger partial charge in [0, 0.05) is 5.56 Å². The van der Waals surface area contributed by atoms with Crippen LogP contribution in [-0.2, 0) is 10.2 Å². The van der Waals surface area contributed by atoms with Crippen LogP contribution in [0.2, 0.25) is 0 Å². The van der Waals surface area contributed by atoms with Gasteiger partial charge in [-0.25, -0.2) is 0 Å². The molecule has 0 fully saturated rings. The van der Waals surface area contributed by atoms with Gasteiger partial charge in [-0.3, -0.25) is 4.79 Å². The van der Waals surface area contributed by atoms with Crippen LogP contribution in [0.15, 0.2) is 24.3 Å².